The molecular weight excluding hydrogens is 444 g/mol. The van der Waals surface area contributed by atoms with Crippen LogP contribution in [0.5, 0.6) is 28.7 Å². The summed E-state index contributed by atoms with van der Waals surface area (Å²) in [5.41, 5.74) is 8.93. The van der Waals surface area contributed by atoms with Crippen LogP contribution in [0.15, 0.2) is 66.1 Å². The summed E-state index contributed by atoms with van der Waals surface area (Å²) < 4.78 is 28.3. The van der Waals surface area contributed by atoms with Gasteiger partial charge in [-0.1, -0.05) is 29.8 Å². The highest BCUT2D eigenvalue weighted by Crippen LogP contribution is 2.48. The zero-order valence-electron chi connectivity index (χ0n) is 17.6. The van der Waals surface area contributed by atoms with Crippen molar-refractivity contribution in [1.29, 1.82) is 5.26 Å². The molecule has 8 heteroatoms. The van der Waals surface area contributed by atoms with E-state index in [4.69, 9.17) is 41.0 Å². The van der Waals surface area contributed by atoms with E-state index in [1.807, 2.05) is 48.5 Å². The lowest BCUT2D eigenvalue weighted by atomic mass is 9.83. The molecule has 0 saturated heterocycles. The Balaban J connectivity index is 1.50. The number of hydrogen-bond donors (Lipinski definition) is 1. The standard InChI is InChI=1S/C25H19ClN2O5/c1-29-21-8-15(4-7-19(21)30-12-14-2-5-16(26)6-3-14)24-17-9-22-23(32-13-31-22)10-20(17)33-25(28)18(24)11-27/h2-10,24H,12-13,28H2,1H3. The van der Waals surface area contributed by atoms with Crippen LogP contribution in [0.4, 0.5) is 0 Å². The SMILES string of the molecule is COc1cc(C2C(C#N)=C(N)Oc3cc4c(cc32)OCO4)ccc1OCc1ccc(Cl)cc1. The molecule has 0 aromatic heterocycles. The first-order valence-corrected chi connectivity index (χ1v) is 10.5. The van der Waals surface area contributed by atoms with Crippen LogP contribution in [0.2, 0.25) is 5.02 Å². The van der Waals surface area contributed by atoms with E-state index in [9.17, 15) is 5.26 Å². The van der Waals surface area contributed by atoms with Crippen LogP contribution >= 0.6 is 11.6 Å². The Bertz CT molecular complexity index is 1300. The molecule has 0 saturated carbocycles. The summed E-state index contributed by atoms with van der Waals surface area (Å²) in [4.78, 5) is 0. The van der Waals surface area contributed by atoms with Crippen molar-refractivity contribution in [2.24, 2.45) is 5.73 Å². The molecule has 2 aliphatic heterocycles. The number of methoxy groups -OCH3 is 1. The molecule has 2 heterocycles. The first-order valence-electron chi connectivity index (χ1n) is 10.1. The number of nitrogens with two attached hydrogens (primary N) is 1. The Kier molecular flexibility index (Phi) is 5.37. The Morgan fingerprint density at radius 1 is 1.03 bits per heavy atom. The van der Waals surface area contributed by atoms with E-state index in [1.54, 1.807) is 13.2 Å². The van der Waals surface area contributed by atoms with E-state index in [1.165, 1.54) is 0 Å². The number of hydrogen-bond acceptors (Lipinski definition) is 7. The molecule has 33 heavy (non-hydrogen) atoms. The molecule has 0 amide bonds. The third-order valence-electron chi connectivity index (χ3n) is 5.54. The fraction of sp³-hybridized carbons (Fsp3) is 0.160. The predicted molar refractivity (Wildman–Crippen MR) is 121 cm³/mol. The second-order valence-electron chi connectivity index (χ2n) is 7.49. The first kappa shape index (κ1) is 20.9. The minimum atomic E-state index is -0.465. The summed E-state index contributed by atoms with van der Waals surface area (Å²) in [6.07, 6.45) is 0. The summed E-state index contributed by atoms with van der Waals surface area (Å²) in [6.45, 7) is 0.483. The largest absolute Gasteiger partial charge is 0.493 e. The second kappa shape index (κ2) is 8.49. The van der Waals surface area contributed by atoms with Crippen molar-refractivity contribution in [3.8, 4) is 34.8 Å². The average Bonchev–Trinajstić information content (AvgIpc) is 3.29. The number of allylic oxidation sites excluding steroid dienone is 1. The molecular formula is C25H19ClN2O5. The summed E-state index contributed by atoms with van der Waals surface area (Å²) in [6, 6.07) is 18.7. The number of fused-ring (bicyclic) bond motifs is 2. The fourth-order valence-electron chi connectivity index (χ4n) is 3.91. The van der Waals surface area contributed by atoms with Crippen LogP contribution in [0.3, 0.4) is 0 Å². The molecule has 2 N–H and O–H groups in total. The van der Waals surface area contributed by atoms with Gasteiger partial charge < -0.3 is 29.4 Å². The number of rotatable bonds is 5. The quantitative estimate of drug-likeness (QED) is 0.577. The van der Waals surface area contributed by atoms with E-state index in [-0.39, 0.29) is 12.7 Å². The van der Waals surface area contributed by atoms with Gasteiger partial charge in [-0.05, 0) is 41.5 Å². The predicted octanol–water partition coefficient (Wildman–Crippen LogP) is 4.87. The molecule has 0 bridgehead atoms. The summed E-state index contributed by atoms with van der Waals surface area (Å²) in [5, 5.41) is 10.5. The molecule has 1 atom stereocenters. The highest BCUT2D eigenvalue weighted by atomic mass is 35.5. The molecule has 0 spiro atoms. The highest BCUT2D eigenvalue weighted by molar-refractivity contribution is 6.30. The van der Waals surface area contributed by atoms with Crippen molar-refractivity contribution in [2.45, 2.75) is 12.5 Å². The van der Waals surface area contributed by atoms with Crippen LogP contribution in [-0.2, 0) is 6.61 Å². The smallest absolute Gasteiger partial charge is 0.231 e. The number of nitriles is 1. The topological polar surface area (TPSA) is 96.0 Å². The van der Waals surface area contributed by atoms with Crippen LogP contribution in [0.25, 0.3) is 0 Å². The van der Waals surface area contributed by atoms with Crippen LogP contribution in [0, 0.1) is 11.3 Å². The number of halogens is 1. The van der Waals surface area contributed by atoms with Gasteiger partial charge in [-0.2, -0.15) is 5.26 Å². The normalized spacial score (nSPS) is 16.0. The van der Waals surface area contributed by atoms with Crippen LogP contribution < -0.4 is 29.4 Å². The lowest BCUT2D eigenvalue weighted by Gasteiger charge is -2.27. The fourth-order valence-corrected chi connectivity index (χ4v) is 4.04. The van der Waals surface area contributed by atoms with Crippen molar-refractivity contribution in [3.63, 3.8) is 0 Å². The van der Waals surface area contributed by atoms with Gasteiger partial charge >= 0.3 is 0 Å². The van der Waals surface area contributed by atoms with Crippen LogP contribution in [-0.4, -0.2) is 13.9 Å². The maximum atomic E-state index is 9.83. The van der Waals surface area contributed by atoms with Crippen molar-refractivity contribution in [2.75, 3.05) is 13.9 Å². The molecule has 0 radical (unpaired) electrons. The Morgan fingerprint density at radius 3 is 2.52 bits per heavy atom. The molecule has 166 valence electrons. The molecule has 3 aromatic rings. The average molecular weight is 463 g/mol. The van der Waals surface area contributed by atoms with Gasteiger partial charge in [-0.3, -0.25) is 0 Å². The monoisotopic (exact) mass is 462 g/mol. The second-order valence-corrected chi connectivity index (χ2v) is 7.93. The third-order valence-corrected chi connectivity index (χ3v) is 5.79. The van der Waals surface area contributed by atoms with E-state index in [0.717, 1.165) is 16.7 Å². The maximum Gasteiger partial charge on any atom is 0.231 e. The van der Waals surface area contributed by atoms with E-state index < -0.39 is 5.92 Å². The van der Waals surface area contributed by atoms with Gasteiger partial charge in [0.2, 0.25) is 12.7 Å². The maximum absolute atomic E-state index is 9.83. The third kappa shape index (κ3) is 3.86. The lowest BCUT2D eigenvalue weighted by Crippen LogP contribution is -2.21. The van der Waals surface area contributed by atoms with Crippen LogP contribution in [0.1, 0.15) is 22.6 Å². The molecule has 5 rings (SSSR count). The van der Waals surface area contributed by atoms with Gasteiger partial charge in [0, 0.05) is 16.7 Å². The summed E-state index contributed by atoms with van der Waals surface area (Å²) in [7, 11) is 1.57. The molecule has 2 aliphatic rings. The number of nitrogens with zero attached hydrogens (tertiary/aromatic N) is 1. The van der Waals surface area contributed by atoms with Gasteiger partial charge in [0.05, 0.1) is 13.0 Å². The van der Waals surface area contributed by atoms with Gasteiger partial charge in [-0.15, -0.1) is 0 Å². The van der Waals surface area contributed by atoms with Gasteiger partial charge in [0.15, 0.2) is 23.0 Å². The number of ether oxygens (including phenoxy) is 5. The Hall–Kier alpha value is -4.02. The van der Waals surface area contributed by atoms with Gasteiger partial charge in [0.1, 0.15) is 24.0 Å². The van der Waals surface area contributed by atoms with Gasteiger partial charge in [0.25, 0.3) is 0 Å². The van der Waals surface area contributed by atoms with E-state index >= 15 is 0 Å². The molecule has 7 nitrogen and oxygen atoms in total. The molecule has 0 aliphatic carbocycles. The van der Waals surface area contributed by atoms with Crippen molar-refractivity contribution in [1.82, 2.24) is 0 Å². The molecule has 0 fully saturated rings. The van der Waals surface area contributed by atoms with Crippen molar-refractivity contribution >= 4 is 11.6 Å². The minimum absolute atomic E-state index is 0.0518. The zero-order valence-corrected chi connectivity index (χ0v) is 18.4. The molecule has 1 unspecified atom stereocenters. The minimum Gasteiger partial charge on any atom is -0.493 e. The summed E-state index contributed by atoms with van der Waals surface area (Å²) >= 11 is 5.95. The Morgan fingerprint density at radius 2 is 1.79 bits per heavy atom. The highest BCUT2D eigenvalue weighted by Gasteiger charge is 2.33. The van der Waals surface area contributed by atoms with Crippen molar-refractivity contribution in [3.05, 3.63) is 87.8 Å². The first-order chi connectivity index (χ1) is 16.1. The molecule has 3 aromatic carbocycles. The van der Waals surface area contributed by atoms with Gasteiger partial charge in [-0.25, -0.2) is 0 Å². The summed E-state index contributed by atoms with van der Waals surface area (Å²) in [5.74, 6) is 2.38. The number of benzene rings is 3. The van der Waals surface area contributed by atoms with E-state index in [2.05, 4.69) is 6.07 Å². The zero-order chi connectivity index (χ0) is 22.9. The van der Waals surface area contributed by atoms with E-state index in [0.29, 0.717) is 46.0 Å². The Labute approximate surface area is 195 Å². The lowest BCUT2D eigenvalue weighted by molar-refractivity contribution is 0.174. The van der Waals surface area contributed by atoms with Crippen molar-refractivity contribution < 1.29 is 23.7 Å².